The van der Waals surface area contributed by atoms with Gasteiger partial charge in [0.15, 0.2) is 0 Å². The molecule has 1 aromatic heterocycles. The highest BCUT2D eigenvalue weighted by atomic mass is 14.9. The van der Waals surface area contributed by atoms with Crippen molar-refractivity contribution in [3.05, 3.63) is 59.9 Å². The molecule has 0 aliphatic rings. The summed E-state index contributed by atoms with van der Waals surface area (Å²) in [5.41, 5.74) is 3.55. The average Bonchev–Trinajstić information content (AvgIpc) is 2.38. The summed E-state index contributed by atoms with van der Waals surface area (Å²) in [7, 11) is 0. The molecule has 2 heteroatoms. The normalized spacial score (nSPS) is 10.5. The van der Waals surface area contributed by atoms with E-state index in [2.05, 4.69) is 54.5 Å². The highest BCUT2D eigenvalue weighted by Crippen LogP contribution is 2.16. The van der Waals surface area contributed by atoms with Crippen molar-refractivity contribution in [2.45, 2.75) is 26.3 Å². The maximum Gasteiger partial charge on any atom is 0.0449 e. The maximum atomic E-state index is 4.35. The number of hydrogen-bond donors (Lipinski definition) is 1. The molecule has 0 saturated carbocycles. The second-order valence-corrected chi connectivity index (χ2v) is 4.46. The molecule has 2 nitrogen and oxygen atoms in total. The van der Waals surface area contributed by atoms with Gasteiger partial charge in [-0.1, -0.05) is 44.2 Å². The number of hydrogen-bond acceptors (Lipinski definition) is 2. The van der Waals surface area contributed by atoms with Gasteiger partial charge in [-0.25, -0.2) is 0 Å². The first-order chi connectivity index (χ1) is 8.25. The largest absolute Gasteiger partial charge is 0.381 e. The molecule has 0 aliphatic carbocycles. The lowest BCUT2D eigenvalue weighted by Gasteiger charge is -2.09. The van der Waals surface area contributed by atoms with Crippen LogP contribution in [0.2, 0.25) is 0 Å². The Balaban J connectivity index is 2.02. The summed E-state index contributed by atoms with van der Waals surface area (Å²) >= 11 is 0. The molecule has 0 fully saturated rings. The topological polar surface area (TPSA) is 24.9 Å². The van der Waals surface area contributed by atoms with Gasteiger partial charge in [0, 0.05) is 24.1 Å². The molecule has 2 aromatic rings. The molecule has 0 aliphatic heterocycles. The lowest BCUT2D eigenvalue weighted by Crippen LogP contribution is -2.01. The molecule has 0 saturated heterocycles. The van der Waals surface area contributed by atoms with Gasteiger partial charge in [0.25, 0.3) is 0 Å². The van der Waals surface area contributed by atoms with Crippen LogP contribution >= 0.6 is 0 Å². The number of rotatable bonds is 4. The Bertz CT molecular complexity index is 463. The first-order valence-electron chi connectivity index (χ1n) is 5.99. The molecular formula is C15H18N2. The number of aromatic nitrogens is 1. The van der Waals surface area contributed by atoms with Crippen LogP contribution in [0.25, 0.3) is 0 Å². The Morgan fingerprint density at radius 2 is 1.88 bits per heavy atom. The van der Waals surface area contributed by atoms with Gasteiger partial charge in [-0.05, 0) is 23.6 Å². The second kappa shape index (κ2) is 5.48. The van der Waals surface area contributed by atoms with E-state index in [1.165, 1.54) is 5.56 Å². The lowest BCUT2D eigenvalue weighted by atomic mass is 10.1. The van der Waals surface area contributed by atoms with E-state index >= 15 is 0 Å². The van der Waals surface area contributed by atoms with Crippen molar-refractivity contribution in [3.63, 3.8) is 0 Å². The van der Waals surface area contributed by atoms with Crippen LogP contribution in [0.3, 0.4) is 0 Å². The molecule has 2 rings (SSSR count). The van der Waals surface area contributed by atoms with Gasteiger partial charge in [0.05, 0.1) is 0 Å². The molecule has 1 N–H and O–H groups in total. The predicted molar refractivity (Wildman–Crippen MR) is 72.1 cm³/mol. The second-order valence-electron chi connectivity index (χ2n) is 4.46. The Labute approximate surface area is 103 Å². The Hall–Kier alpha value is -1.83. The fraction of sp³-hybridized carbons (Fsp3) is 0.267. The molecule has 0 unspecified atom stereocenters. The average molecular weight is 226 g/mol. The fourth-order valence-electron chi connectivity index (χ4n) is 1.67. The number of nitrogens with zero attached hydrogens (tertiary/aromatic N) is 1. The minimum atomic E-state index is 0.466. The van der Waals surface area contributed by atoms with E-state index in [-0.39, 0.29) is 0 Å². The van der Waals surface area contributed by atoms with Gasteiger partial charge in [-0.3, -0.25) is 4.98 Å². The smallest absolute Gasteiger partial charge is 0.0449 e. The van der Waals surface area contributed by atoms with Crippen molar-refractivity contribution >= 4 is 5.69 Å². The third kappa shape index (κ3) is 3.31. The van der Waals surface area contributed by atoms with E-state index in [1.54, 1.807) is 0 Å². The van der Waals surface area contributed by atoms with Crippen LogP contribution in [-0.4, -0.2) is 4.98 Å². The monoisotopic (exact) mass is 226 g/mol. The lowest BCUT2D eigenvalue weighted by molar-refractivity contribution is 0.823. The van der Waals surface area contributed by atoms with Crippen molar-refractivity contribution in [2.24, 2.45) is 0 Å². The molecule has 0 amide bonds. The molecule has 0 atom stereocenters. The molecule has 0 radical (unpaired) electrons. The quantitative estimate of drug-likeness (QED) is 0.857. The Morgan fingerprint density at radius 3 is 2.59 bits per heavy atom. The molecule has 1 aromatic carbocycles. The van der Waals surface area contributed by atoms with Crippen molar-refractivity contribution in [1.82, 2.24) is 4.98 Å². The summed E-state index contributed by atoms with van der Waals surface area (Å²) in [5.74, 6) is 0.466. The van der Waals surface area contributed by atoms with Gasteiger partial charge < -0.3 is 5.32 Å². The zero-order chi connectivity index (χ0) is 12.1. The predicted octanol–water partition coefficient (Wildman–Crippen LogP) is 3.82. The summed E-state index contributed by atoms with van der Waals surface area (Å²) < 4.78 is 0. The van der Waals surface area contributed by atoms with Crippen molar-refractivity contribution in [3.8, 4) is 0 Å². The van der Waals surface area contributed by atoms with Gasteiger partial charge >= 0.3 is 0 Å². The van der Waals surface area contributed by atoms with Crippen molar-refractivity contribution in [2.75, 3.05) is 5.32 Å². The SMILES string of the molecule is CC(C)c1cc(NCc2ccccc2)ccn1. The first kappa shape index (κ1) is 11.6. The third-order valence-corrected chi connectivity index (χ3v) is 2.71. The highest BCUT2D eigenvalue weighted by molar-refractivity contribution is 5.44. The maximum absolute atomic E-state index is 4.35. The van der Waals surface area contributed by atoms with E-state index < -0.39 is 0 Å². The number of pyridine rings is 1. The van der Waals surface area contributed by atoms with E-state index in [0.29, 0.717) is 5.92 Å². The van der Waals surface area contributed by atoms with Gasteiger partial charge in [-0.2, -0.15) is 0 Å². The van der Waals surface area contributed by atoms with Gasteiger partial charge in [0.2, 0.25) is 0 Å². The summed E-state index contributed by atoms with van der Waals surface area (Å²) in [5, 5.41) is 3.42. The summed E-state index contributed by atoms with van der Waals surface area (Å²) in [4.78, 5) is 4.35. The molecule has 1 heterocycles. The molecule has 88 valence electrons. The number of benzene rings is 1. The van der Waals surface area contributed by atoms with E-state index in [0.717, 1.165) is 17.9 Å². The summed E-state index contributed by atoms with van der Waals surface area (Å²) in [6.45, 7) is 5.16. The zero-order valence-corrected chi connectivity index (χ0v) is 10.4. The first-order valence-corrected chi connectivity index (χ1v) is 5.99. The molecule has 0 bridgehead atoms. The van der Waals surface area contributed by atoms with Gasteiger partial charge in [-0.15, -0.1) is 0 Å². The minimum Gasteiger partial charge on any atom is -0.381 e. The Morgan fingerprint density at radius 1 is 1.12 bits per heavy atom. The van der Waals surface area contributed by atoms with Crippen LogP contribution < -0.4 is 5.32 Å². The third-order valence-electron chi connectivity index (χ3n) is 2.71. The van der Waals surface area contributed by atoms with E-state index in [4.69, 9.17) is 0 Å². The molecular weight excluding hydrogens is 208 g/mol. The van der Waals surface area contributed by atoms with Gasteiger partial charge in [0.1, 0.15) is 0 Å². The van der Waals surface area contributed by atoms with Crippen LogP contribution in [0.1, 0.15) is 31.0 Å². The highest BCUT2D eigenvalue weighted by Gasteiger charge is 2.01. The number of anilines is 1. The van der Waals surface area contributed by atoms with Crippen LogP contribution in [0, 0.1) is 0 Å². The van der Waals surface area contributed by atoms with Crippen molar-refractivity contribution in [1.29, 1.82) is 0 Å². The standard InChI is InChI=1S/C15H18N2/c1-12(2)15-10-14(8-9-16-15)17-11-13-6-4-3-5-7-13/h3-10,12H,11H2,1-2H3,(H,16,17). The zero-order valence-electron chi connectivity index (χ0n) is 10.4. The van der Waals surface area contributed by atoms with Crippen LogP contribution in [0.5, 0.6) is 0 Å². The summed E-state index contributed by atoms with van der Waals surface area (Å²) in [6.07, 6.45) is 1.86. The molecule has 17 heavy (non-hydrogen) atoms. The Kier molecular flexibility index (Phi) is 3.76. The number of nitrogens with one attached hydrogen (secondary N) is 1. The molecule has 0 spiro atoms. The minimum absolute atomic E-state index is 0.466. The fourth-order valence-corrected chi connectivity index (χ4v) is 1.67. The summed E-state index contributed by atoms with van der Waals surface area (Å²) in [6, 6.07) is 14.5. The van der Waals surface area contributed by atoms with Crippen LogP contribution in [0.4, 0.5) is 5.69 Å². The van der Waals surface area contributed by atoms with Crippen LogP contribution in [0.15, 0.2) is 48.7 Å². The van der Waals surface area contributed by atoms with E-state index in [9.17, 15) is 0 Å². The van der Waals surface area contributed by atoms with Crippen LogP contribution in [-0.2, 0) is 6.54 Å². The van der Waals surface area contributed by atoms with Crippen molar-refractivity contribution < 1.29 is 0 Å². The van der Waals surface area contributed by atoms with E-state index in [1.807, 2.05) is 18.3 Å².